The van der Waals surface area contributed by atoms with Crippen molar-refractivity contribution in [3.8, 4) is 5.75 Å². The summed E-state index contributed by atoms with van der Waals surface area (Å²) in [5, 5.41) is 0. The summed E-state index contributed by atoms with van der Waals surface area (Å²) >= 11 is 0. The molecule has 0 unspecified atom stereocenters. The lowest BCUT2D eigenvalue weighted by atomic mass is 9.93. The van der Waals surface area contributed by atoms with E-state index in [1.165, 1.54) is 6.92 Å². The van der Waals surface area contributed by atoms with Crippen molar-refractivity contribution in [2.45, 2.75) is 13.8 Å². The van der Waals surface area contributed by atoms with E-state index in [1.54, 1.807) is 19.1 Å². The minimum atomic E-state index is -0.442. The maximum absolute atomic E-state index is 11.4. The van der Waals surface area contributed by atoms with Crippen LogP contribution in [0.1, 0.15) is 24.2 Å². The molecule has 0 heterocycles. The second-order valence-electron chi connectivity index (χ2n) is 3.65. The Balaban J connectivity index is 2.77. The summed E-state index contributed by atoms with van der Waals surface area (Å²) in [4.78, 5) is 22.5. The Kier molecular flexibility index (Phi) is 4.76. The van der Waals surface area contributed by atoms with Crippen LogP contribution in [0.2, 0.25) is 0 Å². The van der Waals surface area contributed by atoms with Crippen LogP contribution in [0.4, 0.5) is 0 Å². The molecule has 5 heteroatoms. The fourth-order valence-electron chi connectivity index (χ4n) is 1.38. The summed E-state index contributed by atoms with van der Waals surface area (Å²) in [5.74, 6) is -0.119. The van der Waals surface area contributed by atoms with E-state index >= 15 is 0 Å². The van der Waals surface area contributed by atoms with Gasteiger partial charge in [-0.3, -0.25) is 4.79 Å². The summed E-state index contributed by atoms with van der Waals surface area (Å²) in [7, 11) is 1.89. The number of rotatable bonds is 5. The molecule has 0 aliphatic rings. The first kappa shape index (κ1) is 13.3. The molecule has 0 saturated heterocycles. The van der Waals surface area contributed by atoms with Crippen LogP contribution in [0.15, 0.2) is 18.2 Å². The van der Waals surface area contributed by atoms with Gasteiger partial charge in [-0.1, -0.05) is 17.6 Å². The SMILES string of the molecule is Bc1ccc(OCC(=O)OCC)c(C(C)=O)c1. The molecule has 90 valence electrons. The summed E-state index contributed by atoms with van der Waals surface area (Å²) < 4.78 is 10.0. The van der Waals surface area contributed by atoms with Crippen LogP contribution < -0.4 is 10.2 Å². The first-order valence-corrected chi connectivity index (χ1v) is 5.44. The first-order valence-electron chi connectivity index (χ1n) is 5.44. The molecule has 0 bridgehead atoms. The van der Waals surface area contributed by atoms with Crippen molar-refractivity contribution < 1.29 is 19.1 Å². The quantitative estimate of drug-likeness (QED) is 0.411. The van der Waals surface area contributed by atoms with Crippen LogP contribution in [0.3, 0.4) is 0 Å². The lowest BCUT2D eigenvalue weighted by Gasteiger charge is -2.09. The summed E-state index contributed by atoms with van der Waals surface area (Å²) in [6, 6.07) is 5.25. The molecule has 0 saturated carbocycles. The minimum absolute atomic E-state index is 0.0902. The molecule has 0 spiro atoms. The third-order valence-corrected chi connectivity index (χ3v) is 2.17. The highest BCUT2D eigenvalue weighted by atomic mass is 16.6. The zero-order valence-corrected chi connectivity index (χ0v) is 10.3. The van der Waals surface area contributed by atoms with E-state index in [9.17, 15) is 9.59 Å². The first-order chi connectivity index (χ1) is 8.04. The molecule has 0 atom stereocenters. The molecule has 0 radical (unpaired) electrons. The molecule has 0 amide bonds. The number of esters is 1. The number of hydrogen-bond acceptors (Lipinski definition) is 4. The second-order valence-corrected chi connectivity index (χ2v) is 3.65. The predicted molar refractivity (Wildman–Crippen MR) is 66.8 cm³/mol. The highest BCUT2D eigenvalue weighted by Crippen LogP contribution is 2.17. The smallest absolute Gasteiger partial charge is 0.344 e. The van der Waals surface area contributed by atoms with Crippen LogP contribution in [0, 0.1) is 0 Å². The number of carbonyl (C=O) groups excluding carboxylic acids is 2. The van der Waals surface area contributed by atoms with Crippen molar-refractivity contribution >= 4 is 25.1 Å². The lowest BCUT2D eigenvalue weighted by molar-refractivity contribution is -0.145. The van der Waals surface area contributed by atoms with Gasteiger partial charge in [0.2, 0.25) is 0 Å². The molecule has 1 rings (SSSR count). The number of hydrogen-bond donors (Lipinski definition) is 0. The number of carbonyl (C=O) groups is 2. The molecule has 4 nitrogen and oxygen atoms in total. The van der Waals surface area contributed by atoms with Crippen molar-refractivity contribution in [3.05, 3.63) is 23.8 Å². The van der Waals surface area contributed by atoms with Gasteiger partial charge in [0, 0.05) is 0 Å². The summed E-state index contributed by atoms with van der Waals surface area (Å²) in [5.41, 5.74) is 1.45. The van der Waals surface area contributed by atoms with Gasteiger partial charge in [0.1, 0.15) is 13.6 Å². The standard InChI is InChI=1S/C12H15BO4/c1-3-16-12(15)7-17-11-5-4-9(13)6-10(11)8(2)14/h4-6H,3,7,13H2,1-2H3. The van der Waals surface area contributed by atoms with Crippen molar-refractivity contribution in [2.75, 3.05) is 13.2 Å². The Labute approximate surface area is 101 Å². The fraction of sp³-hybridized carbons (Fsp3) is 0.333. The average molecular weight is 234 g/mol. The van der Waals surface area contributed by atoms with Crippen molar-refractivity contribution in [1.82, 2.24) is 0 Å². The number of benzene rings is 1. The highest BCUT2D eigenvalue weighted by molar-refractivity contribution is 6.32. The molecule has 17 heavy (non-hydrogen) atoms. The Morgan fingerprint density at radius 2 is 2.06 bits per heavy atom. The van der Waals surface area contributed by atoms with Crippen LogP contribution in [0.5, 0.6) is 5.75 Å². The number of Topliss-reactive ketones (excluding diaryl/α,β-unsaturated/α-hetero) is 1. The topological polar surface area (TPSA) is 52.6 Å². The molecular weight excluding hydrogens is 219 g/mol. The Hall–Kier alpha value is -1.78. The maximum atomic E-state index is 11.4. The van der Waals surface area contributed by atoms with E-state index in [4.69, 9.17) is 9.47 Å². The Morgan fingerprint density at radius 3 is 2.65 bits per heavy atom. The maximum Gasteiger partial charge on any atom is 0.344 e. The van der Waals surface area contributed by atoms with Crippen LogP contribution >= 0.6 is 0 Å². The van der Waals surface area contributed by atoms with Crippen LogP contribution in [-0.2, 0) is 9.53 Å². The monoisotopic (exact) mass is 234 g/mol. The molecule has 0 N–H and O–H groups in total. The summed E-state index contributed by atoms with van der Waals surface area (Å²) in [6.45, 7) is 3.32. The van der Waals surface area contributed by atoms with Gasteiger partial charge in [0.15, 0.2) is 12.4 Å². The Bertz CT molecular complexity index is 429. The van der Waals surface area contributed by atoms with Crippen LogP contribution in [-0.4, -0.2) is 32.8 Å². The zero-order chi connectivity index (χ0) is 12.8. The minimum Gasteiger partial charge on any atom is -0.481 e. The van der Waals surface area contributed by atoms with E-state index in [0.29, 0.717) is 17.9 Å². The molecule has 0 aliphatic carbocycles. The van der Waals surface area contributed by atoms with Gasteiger partial charge in [-0.05, 0) is 19.9 Å². The van der Waals surface area contributed by atoms with Gasteiger partial charge in [-0.25, -0.2) is 4.79 Å². The van der Waals surface area contributed by atoms with Gasteiger partial charge in [0.05, 0.1) is 12.2 Å². The van der Waals surface area contributed by atoms with Gasteiger partial charge in [0.25, 0.3) is 0 Å². The largest absolute Gasteiger partial charge is 0.481 e. The van der Waals surface area contributed by atoms with E-state index in [2.05, 4.69) is 0 Å². The van der Waals surface area contributed by atoms with E-state index in [0.717, 1.165) is 5.46 Å². The summed E-state index contributed by atoms with van der Waals surface area (Å²) in [6.07, 6.45) is 0. The lowest BCUT2D eigenvalue weighted by Crippen LogP contribution is -2.16. The molecule has 0 aromatic heterocycles. The fourth-order valence-corrected chi connectivity index (χ4v) is 1.38. The van der Waals surface area contributed by atoms with Crippen molar-refractivity contribution in [3.63, 3.8) is 0 Å². The molecule has 1 aromatic rings. The number of ketones is 1. The van der Waals surface area contributed by atoms with Crippen molar-refractivity contribution in [2.24, 2.45) is 0 Å². The molecule has 1 aromatic carbocycles. The van der Waals surface area contributed by atoms with Gasteiger partial charge < -0.3 is 9.47 Å². The normalized spacial score (nSPS) is 9.76. The van der Waals surface area contributed by atoms with Crippen LogP contribution in [0.25, 0.3) is 0 Å². The molecule has 0 fully saturated rings. The van der Waals surface area contributed by atoms with E-state index < -0.39 is 5.97 Å². The van der Waals surface area contributed by atoms with Crippen molar-refractivity contribution in [1.29, 1.82) is 0 Å². The van der Waals surface area contributed by atoms with E-state index in [1.807, 2.05) is 13.9 Å². The van der Waals surface area contributed by atoms with Gasteiger partial charge in [-0.2, -0.15) is 0 Å². The zero-order valence-electron chi connectivity index (χ0n) is 10.3. The molecular formula is C12H15BO4. The predicted octanol–water partition coefficient (Wildman–Crippen LogP) is 0.0895. The highest BCUT2D eigenvalue weighted by Gasteiger charge is 2.10. The number of ether oxygens (including phenoxy) is 2. The third kappa shape index (κ3) is 3.94. The molecule has 0 aliphatic heterocycles. The van der Waals surface area contributed by atoms with E-state index in [-0.39, 0.29) is 12.4 Å². The Morgan fingerprint density at radius 1 is 1.35 bits per heavy atom. The average Bonchev–Trinajstić information content (AvgIpc) is 2.27. The van der Waals surface area contributed by atoms with Gasteiger partial charge in [-0.15, -0.1) is 0 Å². The third-order valence-electron chi connectivity index (χ3n) is 2.17. The van der Waals surface area contributed by atoms with Gasteiger partial charge >= 0.3 is 5.97 Å². The second kappa shape index (κ2) is 6.08.